The van der Waals surface area contributed by atoms with Crippen molar-refractivity contribution in [1.82, 2.24) is 9.13 Å². The zero-order valence-corrected chi connectivity index (χ0v) is 14.3. The van der Waals surface area contributed by atoms with Crippen LogP contribution in [0, 0.1) is 0 Å². The van der Waals surface area contributed by atoms with Crippen molar-refractivity contribution in [3.8, 4) is 0 Å². The van der Waals surface area contributed by atoms with E-state index in [1.807, 2.05) is 0 Å². The van der Waals surface area contributed by atoms with Gasteiger partial charge in [-0.15, -0.1) is 0 Å². The lowest BCUT2D eigenvalue weighted by molar-refractivity contribution is 0.343. The maximum atomic E-state index is 2.41. The normalized spacial score (nSPS) is 14.4. The fraction of sp³-hybridized carbons (Fsp3) is 0.333. The minimum atomic E-state index is 0.426. The Labute approximate surface area is 131 Å². The topological polar surface area (TPSA) is 6.48 Å². The van der Waals surface area contributed by atoms with Gasteiger partial charge < -0.3 is 9.13 Å². The molecule has 2 aromatic carbocycles. The average Bonchev–Trinajstić information content (AvgIpc) is 2.55. The molecule has 0 aliphatic heterocycles. The molecular formula is C18H24N2Si. The highest BCUT2D eigenvalue weighted by Gasteiger charge is 2.18. The lowest BCUT2D eigenvalue weighted by Gasteiger charge is -2.31. The molecule has 0 saturated carbocycles. The molecule has 2 rings (SSSR count). The lowest BCUT2D eigenvalue weighted by Crippen LogP contribution is -2.39. The van der Waals surface area contributed by atoms with Gasteiger partial charge in [0.15, 0.2) is 0 Å². The van der Waals surface area contributed by atoms with Gasteiger partial charge in [0.2, 0.25) is 0 Å². The number of rotatable bonds is 6. The van der Waals surface area contributed by atoms with Crippen molar-refractivity contribution >= 4 is 9.84 Å². The summed E-state index contributed by atoms with van der Waals surface area (Å²) in [5.41, 5.74) is 2.74. The van der Waals surface area contributed by atoms with E-state index in [9.17, 15) is 0 Å². The molecule has 2 radical (unpaired) electrons. The van der Waals surface area contributed by atoms with Crippen molar-refractivity contribution in [2.45, 2.75) is 25.9 Å². The van der Waals surface area contributed by atoms with Crippen LogP contribution in [0.2, 0.25) is 0 Å². The molecule has 0 aliphatic carbocycles. The highest BCUT2D eigenvalue weighted by molar-refractivity contribution is 6.28. The zero-order valence-electron chi connectivity index (χ0n) is 13.3. The molecule has 2 unspecified atom stereocenters. The van der Waals surface area contributed by atoms with Gasteiger partial charge in [0.1, 0.15) is 0 Å². The van der Waals surface area contributed by atoms with Gasteiger partial charge in [-0.3, -0.25) is 0 Å². The molecule has 2 atom stereocenters. The van der Waals surface area contributed by atoms with Crippen LogP contribution in [0.1, 0.15) is 37.1 Å². The van der Waals surface area contributed by atoms with Crippen LogP contribution in [-0.2, 0) is 0 Å². The summed E-state index contributed by atoms with van der Waals surface area (Å²) >= 11 is 0. The maximum Gasteiger partial charge on any atom is 0.251 e. The van der Waals surface area contributed by atoms with Crippen molar-refractivity contribution in [3.05, 3.63) is 71.8 Å². The van der Waals surface area contributed by atoms with Gasteiger partial charge in [0.05, 0.1) is 0 Å². The Kier molecular flexibility index (Phi) is 5.73. The Morgan fingerprint density at radius 1 is 0.667 bits per heavy atom. The second-order valence-electron chi connectivity index (χ2n) is 5.50. The first-order chi connectivity index (χ1) is 10.1. The first-order valence-electron chi connectivity index (χ1n) is 7.41. The van der Waals surface area contributed by atoms with E-state index in [4.69, 9.17) is 0 Å². The van der Waals surface area contributed by atoms with Crippen LogP contribution in [0.5, 0.6) is 0 Å². The first kappa shape index (κ1) is 16.0. The van der Waals surface area contributed by atoms with E-state index in [0.29, 0.717) is 21.9 Å². The van der Waals surface area contributed by atoms with Crippen molar-refractivity contribution in [1.29, 1.82) is 0 Å². The van der Waals surface area contributed by atoms with Crippen molar-refractivity contribution in [3.63, 3.8) is 0 Å². The van der Waals surface area contributed by atoms with E-state index in [0.717, 1.165) is 0 Å². The Morgan fingerprint density at radius 3 is 1.33 bits per heavy atom. The molecule has 0 saturated heterocycles. The Bertz CT molecular complexity index is 480. The van der Waals surface area contributed by atoms with Gasteiger partial charge in [-0.05, 0) is 39.1 Å². The molecule has 3 heteroatoms. The van der Waals surface area contributed by atoms with Gasteiger partial charge in [-0.2, -0.15) is 0 Å². The average molecular weight is 296 g/mol. The number of hydrogen-bond donors (Lipinski definition) is 0. The standard InChI is InChI=1S/C18H24N2Si/c1-15(17-11-7-5-8-12-17)19(3)21-20(4)16(2)18-13-9-6-10-14-18/h5-16H,1-4H3. The molecule has 21 heavy (non-hydrogen) atoms. The first-order valence-corrected chi connectivity index (χ1v) is 8.31. The van der Waals surface area contributed by atoms with E-state index in [2.05, 4.69) is 97.7 Å². The predicted octanol–water partition coefficient (Wildman–Crippen LogP) is 3.91. The Morgan fingerprint density at radius 2 is 1.00 bits per heavy atom. The highest BCUT2D eigenvalue weighted by Crippen LogP contribution is 2.21. The molecule has 110 valence electrons. The maximum absolute atomic E-state index is 2.41. The summed E-state index contributed by atoms with van der Waals surface area (Å²) in [5.74, 6) is 0. The monoisotopic (exact) mass is 296 g/mol. The van der Waals surface area contributed by atoms with Crippen LogP contribution >= 0.6 is 0 Å². The van der Waals surface area contributed by atoms with E-state index in [-0.39, 0.29) is 0 Å². The molecule has 0 aliphatic rings. The van der Waals surface area contributed by atoms with Gasteiger partial charge in [0, 0.05) is 12.1 Å². The van der Waals surface area contributed by atoms with Crippen LogP contribution in [0.15, 0.2) is 60.7 Å². The molecule has 0 fully saturated rings. The molecule has 0 N–H and O–H groups in total. The van der Waals surface area contributed by atoms with Crippen molar-refractivity contribution in [2.24, 2.45) is 0 Å². The number of nitrogens with zero attached hydrogens (tertiary/aromatic N) is 2. The molecule has 2 aromatic rings. The minimum Gasteiger partial charge on any atom is -0.308 e. The van der Waals surface area contributed by atoms with Crippen LogP contribution in [0.25, 0.3) is 0 Å². The number of hydrogen-bond acceptors (Lipinski definition) is 2. The Balaban J connectivity index is 1.97. The third-order valence-corrected chi connectivity index (χ3v) is 5.45. The molecule has 0 amide bonds. The summed E-state index contributed by atoms with van der Waals surface area (Å²) in [6.07, 6.45) is 0. The van der Waals surface area contributed by atoms with E-state index < -0.39 is 0 Å². The lowest BCUT2D eigenvalue weighted by atomic mass is 10.1. The third kappa shape index (κ3) is 4.27. The smallest absolute Gasteiger partial charge is 0.251 e. The van der Waals surface area contributed by atoms with Gasteiger partial charge in [-0.1, -0.05) is 60.7 Å². The molecular weight excluding hydrogens is 272 g/mol. The van der Waals surface area contributed by atoms with Gasteiger partial charge in [0.25, 0.3) is 9.84 Å². The summed E-state index contributed by atoms with van der Waals surface area (Å²) in [7, 11) is 5.06. The summed E-state index contributed by atoms with van der Waals surface area (Å²) in [6.45, 7) is 4.53. The third-order valence-electron chi connectivity index (χ3n) is 4.04. The SMILES string of the molecule is CC(c1ccccc1)N(C)[Si]N(C)C(C)c1ccccc1. The van der Waals surface area contributed by atoms with Crippen LogP contribution in [-0.4, -0.2) is 33.1 Å². The fourth-order valence-electron chi connectivity index (χ4n) is 2.33. The molecule has 0 bridgehead atoms. The van der Waals surface area contributed by atoms with E-state index >= 15 is 0 Å². The van der Waals surface area contributed by atoms with E-state index in [1.165, 1.54) is 11.1 Å². The van der Waals surface area contributed by atoms with Gasteiger partial charge in [-0.25, -0.2) is 0 Å². The van der Waals surface area contributed by atoms with Gasteiger partial charge >= 0.3 is 0 Å². The minimum absolute atomic E-state index is 0.426. The van der Waals surface area contributed by atoms with Crippen molar-refractivity contribution in [2.75, 3.05) is 14.1 Å². The van der Waals surface area contributed by atoms with Crippen LogP contribution in [0.4, 0.5) is 0 Å². The molecule has 0 spiro atoms. The summed E-state index contributed by atoms with van der Waals surface area (Å²) in [5, 5.41) is 0. The van der Waals surface area contributed by atoms with Crippen LogP contribution < -0.4 is 0 Å². The van der Waals surface area contributed by atoms with Crippen molar-refractivity contribution < 1.29 is 0 Å². The molecule has 2 nitrogen and oxygen atoms in total. The Hall–Kier alpha value is -1.42. The summed E-state index contributed by atoms with van der Waals surface area (Å²) in [6, 6.07) is 22.2. The summed E-state index contributed by atoms with van der Waals surface area (Å²) in [4.78, 5) is 0. The van der Waals surface area contributed by atoms with Crippen LogP contribution in [0.3, 0.4) is 0 Å². The quantitative estimate of drug-likeness (QED) is 0.746. The molecule has 0 heterocycles. The largest absolute Gasteiger partial charge is 0.308 e. The number of benzene rings is 2. The summed E-state index contributed by atoms with van der Waals surface area (Å²) < 4.78 is 4.82. The predicted molar refractivity (Wildman–Crippen MR) is 91.0 cm³/mol. The molecule has 0 aromatic heterocycles. The zero-order chi connectivity index (χ0) is 15.2. The fourth-order valence-corrected chi connectivity index (χ4v) is 3.47. The second-order valence-corrected chi connectivity index (χ2v) is 7.11. The highest BCUT2D eigenvalue weighted by atomic mass is 28.2. The second kappa shape index (κ2) is 7.55. The van der Waals surface area contributed by atoms with E-state index in [1.54, 1.807) is 0 Å².